The van der Waals surface area contributed by atoms with Crippen molar-refractivity contribution in [3.05, 3.63) is 0 Å². The number of carbonyl (C=O) groups is 1. The highest BCUT2D eigenvalue weighted by Crippen LogP contribution is 2.13. The second-order valence-electron chi connectivity index (χ2n) is 2.67. The van der Waals surface area contributed by atoms with Crippen LogP contribution in [0.3, 0.4) is 0 Å². The lowest BCUT2D eigenvalue weighted by Gasteiger charge is -2.27. The fraction of sp³-hybridized carbons (Fsp3) is 0.833. The maximum atomic E-state index is 10.4. The third-order valence-electron chi connectivity index (χ3n) is 1.80. The third kappa shape index (κ3) is 1.74. The van der Waals surface area contributed by atoms with Gasteiger partial charge in [-0.1, -0.05) is 0 Å². The van der Waals surface area contributed by atoms with Crippen molar-refractivity contribution in [1.82, 2.24) is 4.81 Å². The van der Waals surface area contributed by atoms with Gasteiger partial charge < -0.3 is 9.92 Å². The van der Waals surface area contributed by atoms with Gasteiger partial charge >= 0.3 is 5.97 Å². The summed E-state index contributed by atoms with van der Waals surface area (Å²) in [6.45, 7) is 1.32. The molecule has 54 valence electrons. The molecule has 1 aliphatic rings. The Labute approximate surface area is 61.4 Å². The van der Waals surface area contributed by atoms with Crippen LogP contribution in [0, 0.1) is 5.92 Å². The fourth-order valence-corrected chi connectivity index (χ4v) is 1.21. The zero-order chi connectivity index (χ0) is 7.56. The maximum absolute atomic E-state index is 10.4. The van der Waals surface area contributed by atoms with Gasteiger partial charge in [-0.25, -0.2) is 0 Å². The average molecular weight is 139 g/mol. The Morgan fingerprint density at radius 3 is 2.80 bits per heavy atom. The summed E-state index contributed by atoms with van der Waals surface area (Å²) < 4.78 is 0. The van der Waals surface area contributed by atoms with E-state index in [-0.39, 0.29) is 5.92 Å². The summed E-state index contributed by atoms with van der Waals surface area (Å²) in [6.07, 6.45) is 1.66. The van der Waals surface area contributed by atoms with Gasteiger partial charge in [-0.3, -0.25) is 4.79 Å². The van der Waals surface area contributed by atoms with E-state index in [0.29, 0.717) is 6.54 Å². The van der Waals surface area contributed by atoms with Crippen molar-refractivity contribution in [3.8, 4) is 0 Å². The van der Waals surface area contributed by atoms with E-state index in [1.54, 1.807) is 4.81 Å². The Hall–Kier alpha value is -0.505. The molecule has 1 aliphatic heterocycles. The Bertz CT molecular complexity index is 140. The molecule has 0 bridgehead atoms. The summed E-state index contributed by atoms with van der Waals surface area (Å²) in [6, 6.07) is 0. The standard InChI is InChI=1S/C6H10BNO2/c7-8-3-1-2-5(4-8)6(9)10/h5H,1-4H2,(H,9,10)/t5-/m1/s1. The minimum atomic E-state index is -0.727. The predicted octanol–water partition coefficient (Wildman–Crippen LogP) is -0.134. The van der Waals surface area contributed by atoms with Crippen LogP contribution >= 0.6 is 0 Å². The van der Waals surface area contributed by atoms with E-state index in [4.69, 9.17) is 13.1 Å². The van der Waals surface area contributed by atoms with Gasteiger partial charge in [-0.15, -0.1) is 0 Å². The topological polar surface area (TPSA) is 40.5 Å². The first-order valence-corrected chi connectivity index (χ1v) is 3.42. The second kappa shape index (κ2) is 3.06. The molecule has 0 unspecified atom stereocenters. The minimum absolute atomic E-state index is 0.251. The highest BCUT2D eigenvalue weighted by molar-refractivity contribution is 6.04. The van der Waals surface area contributed by atoms with Crippen molar-refractivity contribution in [3.63, 3.8) is 0 Å². The molecule has 0 aromatic rings. The number of hydrogen-bond acceptors (Lipinski definition) is 2. The number of carboxylic acids is 1. The number of aliphatic carboxylic acids is 1. The molecule has 10 heavy (non-hydrogen) atoms. The lowest BCUT2D eigenvalue weighted by molar-refractivity contribution is -0.142. The SMILES string of the molecule is [B]N1CCC[C@@H](C(=O)O)C1. The van der Waals surface area contributed by atoms with Gasteiger partial charge in [0.15, 0.2) is 7.98 Å². The number of carboxylic acid groups (broad SMARTS) is 1. The first kappa shape index (κ1) is 7.60. The van der Waals surface area contributed by atoms with Crippen LogP contribution in [-0.2, 0) is 4.79 Å². The van der Waals surface area contributed by atoms with Gasteiger partial charge in [0.2, 0.25) is 0 Å². The van der Waals surface area contributed by atoms with Crippen LogP contribution in [-0.4, -0.2) is 37.0 Å². The molecule has 0 aromatic heterocycles. The van der Waals surface area contributed by atoms with E-state index < -0.39 is 5.97 Å². The molecule has 1 heterocycles. The van der Waals surface area contributed by atoms with Crippen LogP contribution < -0.4 is 0 Å². The van der Waals surface area contributed by atoms with E-state index in [1.807, 2.05) is 0 Å². The first-order valence-electron chi connectivity index (χ1n) is 3.42. The molecule has 0 amide bonds. The molecule has 0 saturated carbocycles. The summed E-state index contributed by atoms with van der Waals surface area (Å²) in [5.41, 5.74) is 0. The van der Waals surface area contributed by atoms with Crippen molar-refractivity contribution in [2.75, 3.05) is 13.1 Å². The van der Waals surface area contributed by atoms with Crippen LogP contribution in [0.25, 0.3) is 0 Å². The van der Waals surface area contributed by atoms with Crippen LogP contribution in [0.1, 0.15) is 12.8 Å². The molecule has 1 fully saturated rings. The zero-order valence-corrected chi connectivity index (χ0v) is 5.79. The van der Waals surface area contributed by atoms with Crippen molar-refractivity contribution in [2.45, 2.75) is 12.8 Å². The zero-order valence-electron chi connectivity index (χ0n) is 5.79. The molecule has 1 rings (SSSR count). The molecule has 0 aliphatic carbocycles. The summed E-state index contributed by atoms with van der Waals surface area (Å²) in [4.78, 5) is 12.0. The van der Waals surface area contributed by atoms with E-state index in [0.717, 1.165) is 19.4 Å². The van der Waals surface area contributed by atoms with Crippen LogP contribution in [0.2, 0.25) is 0 Å². The quantitative estimate of drug-likeness (QED) is 0.514. The Morgan fingerprint density at radius 1 is 1.70 bits per heavy atom. The second-order valence-corrected chi connectivity index (χ2v) is 2.67. The summed E-state index contributed by atoms with van der Waals surface area (Å²) >= 11 is 0. The van der Waals surface area contributed by atoms with Gasteiger partial charge in [0.1, 0.15) is 0 Å². The van der Waals surface area contributed by atoms with Gasteiger partial charge in [0.25, 0.3) is 0 Å². The van der Waals surface area contributed by atoms with E-state index in [9.17, 15) is 4.79 Å². The molecule has 1 saturated heterocycles. The average Bonchev–Trinajstić information content (AvgIpc) is 1.88. The normalized spacial score (nSPS) is 28.2. The first-order chi connectivity index (χ1) is 4.70. The van der Waals surface area contributed by atoms with E-state index in [1.165, 1.54) is 0 Å². The largest absolute Gasteiger partial charge is 0.481 e. The summed E-state index contributed by atoms with van der Waals surface area (Å²) in [5.74, 6) is -0.978. The summed E-state index contributed by atoms with van der Waals surface area (Å²) in [5, 5.41) is 8.57. The molecule has 2 radical (unpaired) electrons. The molecule has 0 aromatic carbocycles. The smallest absolute Gasteiger partial charge is 0.307 e. The van der Waals surface area contributed by atoms with Crippen LogP contribution in [0.5, 0.6) is 0 Å². The Kier molecular flexibility index (Phi) is 2.32. The third-order valence-corrected chi connectivity index (χ3v) is 1.80. The van der Waals surface area contributed by atoms with Crippen molar-refractivity contribution in [1.29, 1.82) is 0 Å². The minimum Gasteiger partial charge on any atom is -0.481 e. The lowest BCUT2D eigenvalue weighted by Crippen LogP contribution is -2.36. The fourth-order valence-electron chi connectivity index (χ4n) is 1.21. The number of hydrogen-bond donors (Lipinski definition) is 1. The number of piperidine rings is 1. The molecule has 4 heteroatoms. The van der Waals surface area contributed by atoms with E-state index in [2.05, 4.69) is 0 Å². The summed E-state index contributed by atoms with van der Waals surface area (Å²) in [7, 11) is 5.43. The van der Waals surface area contributed by atoms with Crippen molar-refractivity contribution >= 4 is 14.0 Å². The highest BCUT2D eigenvalue weighted by Gasteiger charge is 2.22. The van der Waals surface area contributed by atoms with E-state index >= 15 is 0 Å². The maximum Gasteiger partial charge on any atom is 0.307 e. The van der Waals surface area contributed by atoms with Gasteiger partial charge in [0, 0.05) is 0 Å². The number of rotatable bonds is 1. The number of nitrogens with zero attached hydrogens (tertiary/aromatic N) is 1. The monoisotopic (exact) mass is 139 g/mol. The predicted molar refractivity (Wildman–Crippen MR) is 37.7 cm³/mol. The van der Waals surface area contributed by atoms with Gasteiger partial charge in [0.05, 0.1) is 5.92 Å². The Morgan fingerprint density at radius 2 is 2.40 bits per heavy atom. The van der Waals surface area contributed by atoms with Crippen molar-refractivity contribution < 1.29 is 9.90 Å². The van der Waals surface area contributed by atoms with Crippen LogP contribution in [0.4, 0.5) is 0 Å². The molecule has 1 N–H and O–H groups in total. The van der Waals surface area contributed by atoms with Gasteiger partial charge in [-0.05, 0) is 25.9 Å². The molecule has 1 atom stereocenters. The van der Waals surface area contributed by atoms with Gasteiger partial charge in [-0.2, -0.15) is 0 Å². The van der Waals surface area contributed by atoms with Crippen LogP contribution in [0.15, 0.2) is 0 Å². The van der Waals surface area contributed by atoms with Crippen molar-refractivity contribution in [2.24, 2.45) is 5.92 Å². The molecule has 0 spiro atoms. The Balaban J connectivity index is 2.39. The molecule has 3 nitrogen and oxygen atoms in total. The molecular weight excluding hydrogens is 129 g/mol. The lowest BCUT2D eigenvalue weighted by atomic mass is 9.96. The molecular formula is C6H10BNO2. The highest BCUT2D eigenvalue weighted by atomic mass is 16.4.